The lowest BCUT2D eigenvalue weighted by Gasteiger charge is -2.31. The number of ether oxygens (including phenoxy) is 1. The third-order valence-electron chi connectivity index (χ3n) is 3.13. The van der Waals surface area contributed by atoms with Crippen molar-refractivity contribution in [3.05, 3.63) is 0 Å². The van der Waals surface area contributed by atoms with E-state index in [2.05, 4.69) is 0 Å². The van der Waals surface area contributed by atoms with Gasteiger partial charge in [0.25, 0.3) is 0 Å². The van der Waals surface area contributed by atoms with Crippen LogP contribution < -0.4 is 0 Å². The van der Waals surface area contributed by atoms with Gasteiger partial charge in [-0.2, -0.15) is 0 Å². The maximum absolute atomic E-state index is 11.8. The summed E-state index contributed by atoms with van der Waals surface area (Å²) >= 11 is 0. The van der Waals surface area contributed by atoms with Gasteiger partial charge in [0.1, 0.15) is 5.60 Å². The van der Waals surface area contributed by atoms with Gasteiger partial charge in [-0.15, -0.1) is 0 Å². The molecule has 4 heteroatoms. The molecule has 1 saturated carbocycles. The minimum absolute atomic E-state index is 0.194. The van der Waals surface area contributed by atoms with Crippen LogP contribution in [0.4, 0.5) is 4.79 Å². The number of hydrogen-bond acceptors (Lipinski definition) is 3. The number of carbonyl (C=O) groups is 1. The number of rotatable bonds is 0. The fourth-order valence-electron chi connectivity index (χ4n) is 2.47. The maximum Gasteiger partial charge on any atom is 0.410 e. The second-order valence-corrected chi connectivity index (χ2v) is 5.59. The van der Waals surface area contributed by atoms with Crippen LogP contribution in [0, 0.1) is 5.92 Å². The zero-order chi connectivity index (χ0) is 11.2. The van der Waals surface area contributed by atoms with E-state index in [9.17, 15) is 9.90 Å². The molecule has 1 amide bonds. The number of aliphatic hydroxyl groups excluding tert-OH is 1. The van der Waals surface area contributed by atoms with Crippen LogP contribution in [0.3, 0.4) is 0 Å². The van der Waals surface area contributed by atoms with Crippen molar-refractivity contribution in [3.8, 4) is 0 Å². The number of fused-ring (bicyclic) bond motifs is 2. The van der Waals surface area contributed by atoms with Crippen LogP contribution >= 0.6 is 0 Å². The predicted octanol–water partition coefficient (Wildman–Crippen LogP) is 1.38. The van der Waals surface area contributed by atoms with Gasteiger partial charge < -0.3 is 14.7 Å². The van der Waals surface area contributed by atoms with E-state index in [-0.39, 0.29) is 24.2 Å². The van der Waals surface area contributed by atoms with Crippen LogP contribution in [0.25, 0.3) is 0 Å². The van der Waals surface area contributed by atoms with Crippen molar-refractivity contribution in [1.82, 2.24) is 4.90 Å². The van der Waals surface area contributed by atoms with Crippen molar-refractivity contribution >= 4 is 6.09 Å². The summed E-state index contributed by atoms with van der Waals surface area (Å²) in [6, 6.07) is 0.194. The number of piperidine rings is 1. The van der Waals surface area contributed by atoms with Crippen molar-refractivity contribution < 1.29 is 14.6 Å². The first-order valence-corrected chi connectivity index (χ1v) is 5.54. The van der Waals surface area contributed by atoms with E-state index in [1.54, 1.807) is 4.90 Å². The monoisotopic (exact) mass is 213 g/mol. The van der Waals surface area contributed by atoms with E-state index in [0.29, 0.717) is 13.0 Å². The highest BCUT2D eigenvalue weighted by atomic mass is 16.6. The van der Waals surface area contributed by atoms with Crippen LogP contribution in [0.15, 0.2) is 0 Å². The lowest BCUT2D eigenvalue weighted by Crippen LogP contribution is -2.44. The first-order valence-electron chi connectivity index (χ1n) is 5.54. The highest BCUT2D eigenvalue weighted by Crippen LogP contribution is 2.38. The molecule has 0 spiro atoms. The van der Waals surface area contributed by atoms with Gasteiger partial charge in [-0.25, -0.2) is 4.79 Å². The highest BCUT2D eigenvalue weighted by molar-refractivity contribution is 5.69. The van der Waals surface area contributed by atoms with Gasteiger partial charge in [0.2, 0.25) is 0 Å². The van der Waals surface area contributed by atoms with Gasteiger partial charge in [0, 0.05) is 18.5 Å². The highest BCUT2D eigenvalue weighted by Gasteiger charge is 2.46. The Kier molecular flexibility index (Phi) is 2.41. The summed E-state index contributed by atoms with van der Waals surface area (Å²) in [7, 11) is 0. The van der Waals surface area contributed by atoms with Gasteiger partial charge >= 0.3 is 6.09 Å². The lowest BCUT2D eigenvalue weighted by molar-refractivity contribution is 0.00788. The minimum Gasteiger partial charge on any atom is -0.444 e. The molecule has 0 aromatic carbocycles. The zero-order valence-electron chi connectivity index (χ0n) is 9.56. The van der Waals surface area contributed by atoms with Crippen molar-refractivity contribution in [3.63, 3.8) is 0 Å². The van der Waals surface area contributed by atoms with Crippen molar-refractivity contribution in [2.45, 2.75) is 51.4 Å². The molecule has 1 heterocycles. The zero-order valence-corrected chi connectivity index (χ0v) is 9.56. The molecule has 1 aliphatic carbocycles. The summed E-state index contributed by atoms with van der Waals surface area (Å²) in [6.07, 6.45) is 1.19. The van der Waals surface area contributed by atoms with Crippen LogP contribution in [0.2, 0.25) is 0 Å². The average Bonchev–Trinajstić information content (AvgIpc) is 2.58. The average molecular weight is 213 g/mol. The fourth-order valence-corrected chi connectivity index (χ4v) is 2.47. The number of carbonyl (C=O) groups excluding carboxylic acids is 1. The molecule has 0 aromatic heterocycles. The summed E-state index contributed by atoms with van der Waals surface area (Å²) in [5.41, 5.74) is -0.433. The first-order chi connectivity index (χ1) is 6.87. The quantitative estimate of drug-likeness (QED) is 0.661. The van der Waals surface area contributed by atoms with Crippen LogP contribution in [-0.4, -0.2) is 40.4 Å². The Bertz CT molecular complexity index is 269. The third-order valence-corrected chi connectivity index (χ3v) is 3.13. The molecular formula is C11H19NO3. The van der Waals surface area contributed by atoms with Crippen molar-refractivity contribution in [2.75, 3.05) is 6.54 Å². The summed E-state index contributed by atoms with van der Waals surface area (Å²) in [5.74, 6) is 0.266. The molecule has 86 valence electrons. The molecule has 0 unspecified atom stereocenters. The SMILES string of the molecule is CC(C)(C)OC(=O)N1C[C@@H]2C[C@H]1C[C@@H]2O. The molecule has 0 radical (unpaired) electrons. The molecule has 1 saturated heterocycles. The van der Waals surface area contributed by atoms with E-state index >= 15 is 0 Å². The standard InChI is InChI=1S/C11H19NO3/c1-11(2,3)15-10(14)12-6-7-4-8(12)5-9(7)13/h7-9,13H,4-6H2,1-3H3/t7-,8-,9-/m0/s1. The Balaban J connectivity index is 1.94. The molecule has 2 bridgehead atoms. The van der Waals surface area contributed by atoms with E-state index in [0.717, 1.165) is 6.42 Å². The molecule has 4 nitrogen and oxygen atoms in total. The first kappa shape index (κ1) is 10.7. The smallest absolute Gasteiger partial charge is 0.410 e. The number of amides is 1. The Hall–Kier alpha value is -0.770. The van der Waals surface area contributed by atoms with E-state index in [1.165, 1.54) is 0 Å². The summed E-state index contributed by atoms with van der Waals surface area (Å²) in [5, 5.41) is 9.57. The second kappa shape index (κ2) is 3.37. The van der Waals surface area contributed by atoms with E-state index in [4.69, 9.17) is 4.74 Å². The Morgan fingerprint density at radius 3 is 2.47 bits per heavy atom. The van der Waals surface area contributed by atoms with Gasteiger partial charge in [-0.3, -0.25) is 0 Å². The molecule has 0 aromatic rings. The van der Waals surface area contributed by atoms with E-state index in [1.807, 2.05) is 20.8 Å². The summed E-state index contributed by atoms with van der Waals surface area (Å²) < 4.78 is 5.31. The number of aliphatic hydroxyl groups is 1. The largest absolute Gasteiger partial charge is 0.444 e. The van der Waals surface area contributed by atoms with Gasteiger partial charge in [0.05, 0.1) is 6.10 Å². The van der Waals surface area contributed by atoms with Crippen LogP contribution in [0.1, 0.15) is 33.6 Å². The molecule has 2 aliphatic rings. The van der Waals surface area contributed by atoms with Crippen LogP contribution in [0.5, 0.6) is 0 Å². The minimum atomic E-state index is -0.433. The Labute approximate surface area is 90.2 Å². The lowest BCUT2D eigenvalue weighted by atomic mass is 10.1. The van der Waals surface area contributed by atoms with Gasteiger partial charge in [-0.05, 0) is 33.6 Å². The Morgan fingerprint density at radius 1 is 1.40 bits per heavy atom. The third kappa shape index (κ3) is 2.09. The number of likely N-dealkylation sites (tertiary alicyclic amines) is 1. The molecule has 3 atom stereocenters. The molecule has 2 rings (SSSR count). The molecule has 15 heavy (non-hydrogen) atoms. The van der Waals surface area contributed by atoms with Gasteiger partial charge in [-0.1, -0.05) is 0 Å². The van der Waals surface area contributed by atoms with Crippen molar-refractivity contribution in [2.24, 2.45) is 5.92 Å². The molecule has 2 fully saturated rings. The van der Waals surface area contributed by atoms with Crippen molar-refractivity contribution in [1.29, 1.82) is 0 Å². The summed E-state index contributed by atoms with van der Waals surface area (Å²) in [6.45, 7) is 6.26. The van der Waals surface area contributed by atoms with Gasteiger partial charge in [0.15, 0.2) is 0 Å². The second-order valence-electron chi connectivity index (χ2n) is 5.59. The molecule has 1 N–H and O–H groups in total. The predicted molar refractivity (Wildman–Crippen MR) is 55.5 cm³/mol. The molecular weight excluding hydrogens is 194 g/mol. The topological polar surface area (TPSA) is 49.8 Å². The van der Waals surface area contributed by atoms with E-state index < -0.39 is 5.60 Å². The summed E-state index contributed by atoms with van der Waals surface area (Å²) in [4.78, 5) is 13.5. The maximum atomic E-state index is 11.8. The molecule has 1 aliphatic heterocycles. The number of hydrogen-bond donors (Lipinski definition) is 1. The Morgan fingerprint density at radius 2 is 2.07 bits per heavy atom. The number of nitrogens with zero attached hydrogens (tertiary/aromatic N) is 1. The normalized spacial score (nSPS) is 34.7. The van der Waals surface area contributed by atoms with Crippen LogP contribution in [-0.2, 0) is 4.74 Å². The fraction of sp³-hybridized carbons (Fsp3) is 0.909.